The highest BCUT2D eigenvalue weighted by atomic mass is 35.5. The lowest BCUT2D eigenvalue weighted by atomic mass is 10.1. The van der Waals surface area contributed by atoms with Gasteiger partial charge in [0, 0.05) is 20.7 Å². The van der Waals surface area contributed by atoms with E-state index >= 15 is 0 Å². The minimum absolute atomic E-state index is 0.0590. The van der Waals surface area contributed by atoms with Gasteiger partial charge >= 0.3 is 6.09 Å². The quantitative estimate of drug-likeness (QED) is 0.510. The van der Waals surface area contributed by atoms with Crippen LogP contribution in [0.3, 0.4) is 0 Å². The Morgan fingerprint density at radius 2 is 1.96 bits per heavy atom. The average molecular weight is 430 g/mol. The highest BCUT2D eigenvalue weighted by molar-refractivity contribution is 6.44. The molecule has 0 aromatic rings. The van der Waals surface area contributed by atoms with Gasteiger partial charge in [-0.2, -0.15) is 0 Å². The molecule has 2 unspecified atom stereocenters. The monoisotopic (exact) mass is 429 g/mol. The van der Waals surface area contributed by atoms with Crippen molar-refractivity contribution in [2.75, 3.05) is 27.3 Å². The molecule has 27 heavy (non-hydrogen) atoms. The molecule has 1 rings (SSSR count). The topological polar surface area (TPSA) is 97.0 Å². The largest absolute Gasteiger partial charge is 0.444 e. The number of nitrogens with zero attached hydrogens (tertiary/aromatic N) is 1. The molecule has 8 nitrogen and oxygen atoms in total. The molecule has 1 aliphatic heterocycles. The van der Waals surface area contributed by atoms with Crippen molar-refractivity contribution in [2.45, 2.75) is 63.1 Å². The molecular formula is C17H33Cl2N3O5. The fourth-order valence-electron chi connectivity index (χ4n) is 1.71. The molecule has 1 aliphatic rings. The molecule has 1 heterocycles. The van der Waals surface area contributed by atoms with Gasteiger partial charge in [-0.05, 0) is 40.5 Å². The van der Waals surface area contributed by atoms with Crippen LogP contribution < -0.4 is 10.7 Å². The predicted octanol–water partition coefficient (Wildman–Crippen LogP) is 2.32. The number of alkyl halides is 2. The summed E-state index contributed by atoms with van der Waals surface area (Å²) in [7, 11) is 3.51. The Bertz CT molecular complexity index is 420. The van der Waals surface area contributed by atoms with Gasteiger partial charge in [-0.15, -0.1) is 23.2 Å². The van der Waals surface area contributed by atoms with E-state index < -0.39 is 17.7 Å². The first-order valence-electron chi connectivity index (χ1n) is 8.59. The van der Waals surface area contributed by atoms with Gasteiger partial charge in [0.1, 0.15) is 23.0 Å². The van der Waals surface area contributed by atoms with Gasteiger partial charge < -0.3 is 24.4 Å². The fraction of sp³-hybridized carbons (Fsp3) is 0.824. The van der Waals surface area contributed by atoms with Gasteiger partial charge in [0.05, 0.1) is 18.7 Å². The number of carbonyl (C=O) groups excluding carboxylic acids is 3. The Labute approximate surface area is 172 Å². The van der Waals surface area contributed by atoms with Crippen LogP contribution in [0.1, 0.15) is 40.5 Å². The van der Waals surface area contributed by atoms with Gasteiger partial charge in [-0.3, -0.25) is 0 Å². The highest BCUT2D eigenvalue weighted by Gasteiger charge is 2.17. The molecule has 2 N–H and O–H groups in total. The summed E-state index contributed by atoms with van der Waals surface area (Å²) in [4.78, 5) is 30.9. The van der Waals surface area contributed by atoms with Crippen LogP contribution in [0.25, 0.3) is 0 Å². The molecule has 0 saturated carbocycles. The maximum absolute atomic E-state index is 10.9. The minimum Gasteiger partial charge on any atom is -0.444 e. The molecule has 1 amide bonds. The number of hydrazine groups is 1. The summed E-state index contributed by atoms with van der Waals surface area (Å²) in [5.41, 5.74) is 2.51. The summed E-state index contributed by atoms with van der Waals surface area (Å²) in [6.45, 7) is 8.32. The third kappa shape index (κ3) is 21.2. The molecule has 0 aliphatic carbocycles. The average Bonchev–Trinajstić information content (AvgIpc) is 2.53. The zero-order valence-electron chi connectivity index (χ0n) is 17.0. The Morgan fingerprint density at radius 3 is 2.26 bits per heavy atom. The number of hydrogen-bond donors (Lipinski definition) is 2. The van der Waals surface area contributed by atoms with Gasteiger partial charge in [0.2, 0.25) is 0 Å². The van der Waals surface area contributed by atoms with Crippen LogP contribution >= 0.6 is 23.2 Å². The van der Waals surface area contributed by atoms with E-state index in [9.17, 15) is 14.4 Å². The highest BCUT2D eigenvalue weighted by Crippen LogP contribution is 2.06. The molecule has 0 radical (unpaired) electrons. The van der Waals surface area contributed by atoms with E-state index in [2.05, 4.69) is 15.5 Å². The lowest BCUT2D eigenvalue weighted by Gasteiger charge is -2.27. The van der Waals surface area contributed by atoms with Crippen LogP contribution in [0.4, 0.5) is 4.79 Å². The Kier molecular flexibility index (Phi) is 16.8. The minimum atomic E-state index is -0.568. The molecule has 1 fully saturated rings. The fourth-order valence-corrected chi connectivity index (χ4v) is 1.96. The van der Waals surface area contributed by atoms with E-state index in [1.54, 1.807) is 34.8 Å². The number of methoxy groups -OCH3 is 1. The van der Waals surface area contributed by atoms with Crippen molar-refractivity contribution >= 4 is 41.9 Å². The normalized spacial score (nSPS) is 18.2. The van der Waals surface area contributed by atoms with E-state index in [1.807, 2.05) is 12.1 Å². The number of rotatable bonds is 5. The molecule has 0 bridgehead atoms. The smallest absolute Gasteiger partial charge is 0.408 e. The second kappa shape index (κ2) is 16.1. The van der Waals surface area contributed by atoms with Crippen LogP contribution in [-0.4, -0.2) is 73.5 Å². The Balaban J connectivity index is 0. The Morgan fingerprint density at radius 1 is 1.37 bits per heavy atom. The zero-order valence-corrected chi connectivity index (χ0v) is 18.5. The van der Waals surface area contributed by atoms with Crippen LogP contribution in [0.5, 0.6) is 0 Å². The number of aldehydes is 2. The summed E-state index contributed by atoms with van der Waals surface area (Å²) in [6.07, 6.45) is 3.14. The maximum atomic E-state index is 10.9. The molecule has 10 heteroatoms. The number of hydrogen-bond acceptors (Lipinski definition) is 7. The Hall–Kier alpha value is -0.930. The lowest BCUT2D eigenvalue weighted by Crippen LogP contribution is -2.47. The number of halogens is 2. The SMILES string of the molecule is CC(C=O)NC(=O)OC(C)(C)C.CN1CCCC(C=O)N1.COCC(Cl)Cl. The van der Waals surface area contributed by atoms with Crippen molar-refractivity contribution in [3.63, 3.8) is 0 Å². The first kappa shape index (κ1) is 28.3. The molecule has 0 spiro atoms. The molecule has 160 valence electrons. The van der Waals surface area contributed by atoms with Crippen molar-refractivity contribution in [3.05, 3.63) is 0 Å². The van der Waals surface area contributed by atoms with Crippen molar-refractivity contribution in [1.29, 1.82) is 0 Å². The van der Waals surface area contributed by atoms with Gasteiger partial charge in [0.15, 0.2) is 0 Å². The summed E-state index contributed by atoms with van der Waals surface area (Å²) in [5.74, 6) is 0. The van der Waals surface area contributed by atoms with E-state index in [1.165, 1.54) is 0 Å². The van der Waals surface area contributed by atoms with Crippen molar-refractivity contribution < 1.29 is 23.9 Å². The summed E-state index contributed by atoms with van der Waals surface area (Å²) in [5, 5.41) is 4.32. The van der Waals surface area contributed by atoms with Crippen LogP contribution in [0.15, 0.2) is 0 Å². The molecule has 1 saturated heterocycles. The molecule has 2 atom stereocenters. The van der Waals surface area contributed by atoms with Crippen molar-refractivity contribution in [1.82, 2.24) is 15.8 Å². The standard InChI is InChI=1S/C8H15NO3.C6H12N2O.C3H6Cl2O/c1-6(5-10)9-7(11)12-8(2,3)4;1-8-4-2-3-6(5-9)7-8;1-6-2-3(4)5/h5-6H,1-4H3,(H,9,11);5-7H,2-4H2,1H3;3H,2H2,1H3. The predicted molar refractivity (Wildman–Crippen MR) is 107 cm³/mol. The van der Waals surface area contributed by atoms with Crippen LogP contribution in [0.2, 0.25) is 0 Å². The molecule has 0 aromatic heterocycles. The lowest BCUT2D eigenvalue weighted by molar-refractivity contribution is -0.111. The van der Waals surface area contributed by atoms with Gasteiger partial charge in [-0.1, -0.05) is 0 Å². The van der Waals surface area contributed by atoms with E-state index in [0.717, 1.165) is 25.7 Å². The summed E-state index contributed by atoms with van der Waals surface area (Å²) < 4.78 is 9.44. The second-order valence-corrected chi connectivity index (χ2v) is 8.13. The summed E-state index contributed by atoms with van der Waals surface area (Å²) in [6, 6.07) is -0.441. The zero-order chi connectivity index (χ0) is 21.5. The maximum Gasteiger partial charge on any atom is 0.408 e. The number of ether oxygens (including phenoxy) is 2. The van der Waals surface area contributed by atoms with E-state index in [4.69, 9.17) is 27.9 Å². The van der Waals surface area contributed by atoms with E-state index in [0.29, 0.717) is 12.9 Å². The molecular weight excluding hydrogens is 397 g/mol. The molecule has 0 aromatic carbocycles. The first-order valence-corrected chi connectivity index (χ1v) is 9.46. The summed E-state index contributed by atoms with van der Waals surface area (Å²) >= 11 is 10.4. The van der Waals surface area contributed by atoms with E-state index in [-0.39, 0.29) is 10.9 Å². The third-order valence-corrected chi connectivity index (χ3v) is 3.05. The number of nitrogens with one attached hydrogen (secondary N) is 2. The number of carbonyl (C=O) groups is 3. The van der Waals surface area contributed by atoms with Crippen LogP contribution in [-0.2, 0) is 19.1 Å². The number of alkyl carbamates (subject to hydrolysis) is 1. The van der Waals surface area contributed by atoms with Gasteiger partial charge in [-0.25, -0.2) is 15.2 Å². The second-order valence-electron chi connectivity index (χ2n) is 6.85. The van der Waals surface area contributed by atoms with Crippen LogP contribution in [0, 0.1) is 0 Å². The number of amides is 1. The third-order valence-electron chi connectivity index (χ3n) is 2.80. The first-order chi connectivity index (χ1) is 12.4. The van der Waals surface area contributed by atoms with Crippen molar-refractivity contribution in [3.8, 4) is 0 Å². The van der Waals surface area contributed by atoms with Gasteiger partial charge in [0.25, 0.3) is 0 Å². The van der Waals surface area contributed by atoms with Crippen molar-refractivity contribution in [2.24, 2.45) is 0 Å².